The van der Waals surface area contributed by atoms with Gasteiger partial charge in [-0.05, 0) is 31.2 Å². The number of ether oxygens (including phenoxy) is 1. The molecular formula is C18H16F3N5O3. The highest BCUT2D eigenvalue weighted by Gasteiger charge is 2.42. The number of methoxy groups -OCH3 is 1. The molecule has 3 aromatic rings. The van der Waals surface area contributed by atoms with Crippen LogP contribution in [0, 0.1) is 0 Å². The smallest absolute Gasteiger partial charge is 0.451 e. The Kier molecular flexibility index (Phi) is 4.52. The first kappa shape index (κ1) is 19.0. The Morgan fingerprint density at radius 1 is 1.21 bits per heavy atom. The van der Waals surface area contributed by atoms with E-state index in [-0.39, 0.29) is 24.6 Å². The molecule has 1 aliphatic rings. The number of carbonyl (C=O) groups is 1. The number of rotatable bonds is 3. The fraction of sp³-hybridized carbons (Fsp3) is 0.333. The van der Waals surface area contributed by atoms with Crippen molar-refractivity contribution in [3.05, 3.63) is 47.7 Å². The van der Waals surface area contributed by atoms with Crippen molar-refractivity contribution >= 4 is 5.91 Å². The van der Waals surface area contributed by atoms with E-state index in [9.17, 15) is 18.0 Å². The lowest BCUT2D eigenvalue weighted by atomic mass is 10.1. The molecule has 3 heterocycles. The Morgan fingerprint density at radius 3 is 2.59 bits per heavy atom. The molecule has 1 aliphatic heterocycles. The van der Waals surface area contributed by atoms with E-state index in [1.165, 1.54) is 11.0 Å². The molecule has 2 aromatic heterocycles. The first-order chi connectivity index (χ1) is 13.8. The minimum Gasteiger partial charge on any atom is -0.497 e. The summed E-state index contributed by atoms with van der Waals surface area (Å²) in [5.74, 6) is -0.369. The van der Waals surface area contributed by atoms with Crippen LogP contribution in [0.15, 0.2) is 34.9 Å². The zero-order chi connectivity index (χ0) is 20.8. The lowest BCUT2D eigenvalue weighted by Crippen LogP contribution is -2.42. The van der Waals surface area contributed by atoms with E-state index < -0.39 is 23.9 Å². The lowest BCUT2D eigenvalue weighted by molar-refractivity contribution is -0.148. The quantitative estimate of drug-likeness (QED) is 0.663. The second-order valence-corrected chi connectivity index (χ2v) is 6.51. The minimum absolute atomic E-state index is 0.0591. The van der Waals surface area contributed by atoms with Gasteiger partial charge in [-0.1, -0.05) is 5.16 Å². The third-order valence-electron chi connectivity index (χ3n) is 4.80. The first-order valence-electron chi connectivity index (χ1n) is 8.72. The number of hydrogen-bond donors (Lipinski definition) is 0. The third kappa shape index (κ3) is 3.32. The topological polar surface area (TPSA) is 86.3 Å². The van der Waals surface area contributed by atoms with Gasteiger partial charge in [-0.3, -0.25) is 4.79 Å². The van der Waals surface area contributed by atoms with Gasteiger partial charge < -0.3 is 18.7 Å². The zero-order valence-corrected chi connectivity index (χ0v) is 15.5. The van der Waals surface area contributed by atoms with Gasteiger partial charge in [-0.2, -0.15) is 13.2 Å². The van der Waals surface area contributed by atoms with Crippen molar-refractivity contribution in [1.82, 2.24) is 24.8 Å². The van der Waals surface area contributed by atoms with Crippen LogP contribution in [0.2, 0.25) is 0 Å². The monoisotopic (exact) mass is 407 g/mol. The predicted octanol–water partition coefficient (Wildman–Crippen LogP) is 3.18. The second kappa shape index (κ2) is 6.90. The molecule has 0 bridgehead atoms. The SMILES string of the molecule is COc1ccc(-c2cc(C(=O)N3CCn4c(nnc4C(F)(F)F)C3C)no2)cc1. The molecule has 11 heteroatoms. The maximum Gasteiger partial charge on any atom is 0.451 e. The number of alkyl halides is 3. The standard InChI is InChI=1S/C18H16F3N5O3/c1-10-15-22-23-17(18(19,20)21)26(15)8-7-25(10)16(27)13-9-14(29-24-13)11-3-5-12(28-2)6-4-11/h3-6,9-10H,7-8H2,1-2H3. The maximum atomic E-state index is 13.0. The summed E-state index contributed by atoms with van der Waals surface area (Å²) in [6, 6.07) is 7.82. The summed E-state index contributed by atoms with van der Waals surface area (Å²) in [7, 11) is 1.55. The van der Waals surface area contributed by atoms with Crippen LogP contribution in [0.1, 0.15) is 35.1 Å². The van der Waals surface area contributed by atoms with E-state index in [4.69, 9.17) is 9.26 Å². The van der Waals surface area contributed by atoms with Crippen LogP contribution < -0.4 is 4.74 Å². The molecule has 4 rings (SSSR count). The van der Waals surface area contributed by atoms with Crippen molar-refractivity contribution in [2.45, 2.75) is 25.7 Å². The molecule has 0 N–H and O–H groups in total. The van der Waals surface area contributed by atoms with Gasteiger partial charge >= 0.3 is 6.18 Å². The van der Waals surface area contributed by atoms with E-state index in [0.29, 0.717) is 17.1 Å². The summed E-state index contributed by atoms with van der Waals surface area (Å²) in [6.07, 6.45) is -4.60. The van der Waals surface area contributed by atoms with Crippen LogP contribution in [0.25, 0.3) is 11.3 Å². The van der Waals surface area contributed by atoms with Gasteiger partial charge in [0.15, 0.2) is 17.3 Å². The molecule has 8 nitrogen and oxygen atoms in total. The number of carbonyl (C=O) groups excluding carboxylic acids is 1. The second-order valence-electron chi connectivity index (χ2n) is 6.51. The van der Waals surface area contributed by atoms with E-state index in [0.717, 1.165) is 4.57 Å². The zero-order valence-electron chi connectivity index (χ0n) is 15.5. The van der Waals surface area contributed by atoms with Crippen LogP contribution in [0.3, 0.4) is 0 Å². The summed E-state index contributed by atoms with van der Waals surface area (Å²) in [5, 5.41) is 10.7. The lowest BCUT2D eigenvalue weighted by Gasteiger charge is -2.33. The molecule has 152 valence electrons. The molecule has 1 amide bonds. The number of aromatic nitrogens is 4. The van der Waals surface area contributed by atoms with Crippen LogP contribution in [0.5, 0.6) is 5.75 Å². The molecule has 29 heavy (non-hydrogen) atoms. The third-order valence-corrected chi connectivity index (χ3v) is 4.80. The fourth-order valence-corrected chi connectivity index (χ4v) is 3.29. The van der Waals surface area contributed by atoms with E-state index in [1.807, 2.05) is 0 Å². The molecule has 1 unspecified atom stereocenters. The van der Waals surface area contributed by atoms with Gasteiger partial charge in [-0.15, -0.1) is 10.2 Å². The normalized spacial score (nSPS) is 16.6. The van der Waals surface area contributed by atoms with Crippen molar-refractivity contribution in [2.75, 3.05) is 13.7 Å². The first-order valence-corrected chi connectivity index (χ1v) is 8.72. The van der Waals surface area contributed by atoms with E-state index >= 15 is 0 Å². The van der Waals surface area contributed by atoms with Crippen molar-refractivity contribution in [1.29, 1.82) is 0 Å². The van der Waals surface area contributed by atoms with E-state index in [1.54, 1.807) is 38.3 Å². The summed E-state index contributed by atoms with van der Waals surface area (Å²) >= 11 is 0. The average Bonchev–Trinajstić information content (AvgIpc) is 3.35. The summed E-state index contributed by atoms with van der Waals surface area (Å²) in [4.78, 5) is 14.3. The molecule has 1 aromatic carbocycles. The van der Waals surface area contributed by atoms with Gasteiger partial charge in [-0.25, -0.2) is 0 Å². The van der Waals surface area contributed by atoms with Gasteiger partial charge in [0.25, 0.3) is 5.91 Å². The van der Waals surface area contributed by atoms with Crippen LogP contribution >= 0.6 is 0 Å². The molecule has 0 fully saturated rings. The Hall–Kier alpha value is -3.37. The molecule has 0 spiro atoms. The Labute approximate surface area is 162 Å². The summed E-state index contributed by atoms with van der Waals surface area (Å²) in [6.45, 7) is 1.61. The Bertz CT molecular complexity index is 1040. The average molecular weight is 407 g/mol. The van der Waals surface area contributed by atoms with Crippen LogP contribution in [-0.4, -0.2) is 44.4 Å². The number of benzene rings is 1. The van der Waals surface area contributed by atoms with Crippen LogP contribution in [-0.2, 0) is 12.7 Å². The highest BCUT2D eigenvalue weighted by atomic mass is 19.4. The molecule has 0 aliphatic carbocycles. The predicted molar refractivity (Wildman–Crippen MR) is 93.0 cm³/mol. The molecule has 0 radical (unpaired) electrons. The molecule has 0 saturated carbocycles. The highest BCUT2D eigenvalue weighted by molar-refractivity contribution is 5.93. The Balaban J connectivity index is 1.56. The largest absolute Gasteiger partial charge is 0.497 e. The van der Waals surface area contributed by atoms with Crippen molar-refractivity contribution < 1.29 is 27.2 Å². The fourth-order valence-electron chi connectivity index (χ4n) is 3.29. The van der Waals surface area contributed by atoms with Gasteiger partial charge in [0, 0.05) is 24.7 Å². The van der Waals surface area contributed by atoms with Crippen molar-refractivity contribution in [3.8, 4) is 17.1 Å². The summed E-state index contributed by atoms with van der Waals surface area (Å²) in [5.41, 5.74) is 0.769. The molecular weight excluding hydrogens is 391 g/mol. The van der Waals surface area contributed by atoms with Gasteiger partial charge in [0.05, 0.1) is 13.2 Å². The molecule has 1 atom stereocenters. The van der Waals surface area contributed by atoms with Gasteiger partial charge in [0.1, 0.15) is 5.75 Å². The highest BCUT2D eigenvalue weighted by Crippen LogP contribution is 2.33. The number of halogens is 3. The number of fused-ring (bicyclic) bond motifs is 1. The minimum atomic E-state index is -4.60. The molecule has 0 saturated heterocycles. The summed E-state index contributed by atoms with van der Waals surface area (Å²) < 4.78 is 50.5. The van der Waals surface area contributed by atoms with Gasteiger partial charge in [0.2, 0.25) is 5.82 Å². The van der Waals surface area contributed by atoms with Crippen molar-refractivity contribution in [2.24, 2.45) is 0 Å². The van der Waals surface area contributed by atoms with Crippen LogP contribution in [0.4, 0.5) is 13.2 Å². The maximum absolute atomic E-state index is 13.0. The number of hydrogen-bond acceptors (Lipinski definition) is 6. The van der Waals surface area contributed by atoms with Crippen molar-refractivity contribution in [3.63, 3.8) is 0 Å². The number of amides is 1. The van der Waals surface area contributed by atoms with E-state index in [2.05, 4.69) is 15.4 Å². The number of nitrogens with zero attached hydrogens (tertiary/aromatic N) is 5. The Morgan fingerprint density at radius 2 is 1.93 bits per heavy atom.